The molecule has 20 heavy (non-hydrogen) atoms. The van der Waals surface area contributed by atoms with Crippen LogP contribution in [-0.2, 0) is 4.84 Å². The fourth-order valence-electron chi connectivity index (χ4n) is 2.81. The SMILES string of the molecule is CCCCCO/N=C(C)/C=C/C1=C(C)CCCC1(C)C. The molecule has 0 aromatic heterocycles. The topological polar surface area (TPSA) is 21.6 Å². The van der Waals surface area contributed by atoms with Crippen molar-refractivity contribution in [3.8, 4) is 0 Å². The molecule has 2 heteroatoms. The highest BCUT2D eigenvalue weighted by atomic mass is 16.6. The van der Waals surface area contributed by atoms with Gasteiger partial charge in [0.05, 0.1) is 5.71 Å². The van der Waals surface area contributed by atoms with Gasteiger partial charge in [-0.3, -0.25) is 0 Å². The van der Waals surface area contributed by atoms with Gasteiger partial charge in [0.2, 0.25) is 0 Å². The Morgan fingerprint density at radius 3 is 2.75 bits per heavy atom. The van der Waals surface area contributed by atoms with Crippen molar-refractivity contribution in [1.29, 1.82) is 0 Å². The highest BCUT2D eigenvalue weighted by molar-refractivity contribution is 5.92. The molecule has 0 N–H and O–H groups in total. The lowest BCUT2D eigenvalue weighted by molar-refractivity contribution is 0.140. The first-order valence-electron chi connectivity index (χ1n) is 8.02. The lowest BCUT2D eigenvalue weighted by Crippen LogP contribution is -2.19. The van der Waals surface area contributed by atoms with E-state index < -0.39 is 0 Å². The zero-order chi connectivity index (χ0) is 15.0. The molecule has 0 unspecified atom stereocenters. The van der Waals surface area contributed by atoms with E-state index in [1.807, 2.05) is 6.92 Å². The maximum atomic E-state index is 5.34. The molecule has 1 aliphatic carbocycles. The van der Waals surface area contributed by atoms with Gasteiger partial charge >= 0.3 is 0 Å². The molecule has 0 fully saturated rings. The van der Waals surface area contributed by atoms with Crippen molar-refractivity contribution in [2.75, 3.05) is 6.61 Å². The molecular formula is C18H31NO. The van der Waals surface area contributed by atoms with Crippen LogP contribution in [0.3, 0.4) is 0 Å². The first-order valence-corrected chi connectivity index (χ1v) is 8.02. The highest BCUT2D eigenvalue weighted by Crippen LogP contribution is 2.40. The van der Waals surface area contributed by atoms with Crippen molar-refractivity contribution in [1.82, 2.24) is 0 Å². The average Bonchev–Trinajstić information content (AvgIpc) is 2.37. The Morgan fingerprint density at radius 1 is 1.35 bits per heavy atom. The van der Waals surface area contributed by atoms with E-state index in [1.54, 1.807) is 0 Å². The van der Waals surface area contributed by atoms with E-state index in [0.29, 0.717) is 5.41 Å². The van der Waals surface area contributed by atoms with Crippen molar-refractivity contribution >= 4 is 5.71 Å². The molecular weight excluding hydrogens is 246 g/mol. The Bertz CT molecular complexity index is 388. The first kappa shape index (κ1) is 17.0. The quantitative estimate of drug-likeness (QED) is 0.334. The summed E-state index contributed by atoms with van der Waals surface area (Å²) in [5.74, 6) is 0. The van der Waals surface area contributed by atoms with E-state index in [0.717, 1.165) is 18.7 Å². The van der Waals surface area contributed by atoms with Crippen LogP contribution in [0.1, 0.15) is 73.1 Å². The molecule has 0 bridgehead atoms. The third kappa shape index (κ3) is 5.52. The molecule has 1 aliphatic rings. The van der Waals surface area contributed by atoms with E-state index in [2.05, 4.69) is 45.0 Å². The number of nitrogens with zero attached hydrogens (tertiary/aromatic N) is 1. The third-order valence-electron chi connectivity index (χ3n) is 4.08. The van der Waals surface area contributed by atoms with Crippen LogP contribution in [0.4, 0.5) is 0 Å². The molecule has 2 nitrogen and oxygen atoms in total. The third-order valence-corrected chi connectivity index (χ3v) is 4.08. The molecule has 0 aliphatic heterocycles. The minimum atomic E-state index is 0.293. The van der Waals surface area contributed by atoms with E-state index in [4.69, 9.17) is 4.84 Å². The number of unbranched alkanes of at least 4 members (excludes halogenated alkanes) is 2. The Morgan fingerprint density at radius 2 is 2.10 bits per heavy atom. The van der Waals surface area contributed by atoms with E-state index >= 15 is 0 Å². The minimum absolute atomic E-state index is 0.293. The van der Waals surface area contributed by atoms with Gasteiger partial charge in [-0.05, 0) is 56.6 Å². The fourth-order valence-corrected chi connectivity index (χ4v) is 2.81. The number of rotatable bonds is 7. The van der Waals surface area contributed by atoms with Gasteiger partial charge in [-0.1, -0.05) is 50.4 Å². The van der Waals surface area contributed by atoms with E-state index in [9.17, 15) is 0 Å². The summed E-state index contributed by atoms with van der Waals surface area (Å²) in [6, 6.07) is 0. The normalized spacial score (nSPS) is 19.8. The van der Waals surface area contributed by atoms with Crippen LogP contribution in [-0.4, -0.2) is 12.3 Å². The lowest BCUT2D eigenvalue weighted by atomic mass is 9.72. The number of hydrogen-bond donors (Lipinski definition) is 0. The summed E-state index contributed by atoms with van der Waals surface area (Å²) in [5, 5.41) is 4.16. The summed E-state index contributed by atoms with van der Waals surface area (Å²) in [6.45, 7) is 11.9. The minimum Gasteiger partial charge on any atom is -0.396 e. The molecule has 0 heterocycles. The van der Waals surface area contributed by atoms with Gasteiger partial charge in [-0.2, -0.15) is 0 Å². The van der Waals surface area contributed by atoms with Crippen LogP contribution >= 0.6 is 0 Å². The van der Waals surface area contributed by atoms with Gasteiger partial charge in [0.15, 0.2) is 0 Å². The summed E-state index contributed by atoms with van der Waals surface area (Å²) in [7, 11) is 0. The summed E-state index contributed by atoms with van der Waals surface area (Å²) in [5.41, 5.74) is 4.24. The molecule has 0 saturated heterocycles. The monoisotopic (exact) mass is 277 g/mol. The van der Waals surface area contributed by atoms with E-state index in [-0.39, 0.29) is 0 Å². The smallest absolute Gasteiger partial charge is 0.117 e. The van der Waals surface area contributed by atoms with Crippen LogP contribution in [0.15, 0.2) is 28.5 Å². The Kier molecular flexibility index (Phi) is 7.04. The Labute approximate surface area is 125 Å². The van der Waals surface area contributed by atoms with Crippen molar-refractivity contribution in [2.45, 2.75) is 73.1 Å². The number of oxime groups is 1. The van der Waals surface area contributed by atoms with Crippen LogP contribution in [0, 0.1) is 5.41 Å². The zero-order valence-electron chi connectivity index (χ0n) is 14.0. The molecule has 0 spiro atoms. The van der Waals surface area contributed by atoms with Crippen molar-refractivity contribution in [2.24, 2.45) is 10.6 Å². The lowest BCUT2D eigenvalue weighted by Gasteiger charge is -2.32. The predicted octanol–water partition coefficient (Wildman–Crippen LogP) is 5.65. The van der Waals surface area contributed by atoms with Gasteiger partial charge in [0, 0.05) is 0 Å². The van der Waals surface area contributed by atoms with Gasteiger partial charge in [0.1, 0.15) is 6.61 Å². The molecule has 0 aromatic carbocycles. The molecule has 1 rings (SSSR count). The zero-order valence-corrected chi connectivity index (χ0v) is 14.0. The van der Waals surface area contributed by atoms with Crippen LogP contribution in [0.5, 0.6) is 0 Å². The average molecular weight is 277 g/mol. The van der Waals surface area contributed by atoms with Crippen LogP contribution in [0.2, 0.25) is 0 Å². The highest BCUT2D eigenvalue weighted by Gasteiger charge is 2.26. The molecule has 0 amide bonds. The summed E-state index contributed by atoms with van der Waals surface area (Å²) in [6.07, 6.45) is 11.7. The Hall–Kier alpha value is -1.05. The van der Waals surface area contributed by atoms with E-state index in [1.165, 1.54) is 43.3 Å². The predicted molar refractivity (Wildman–Crippen MR) is 88.1 cm³/mol. The Balaban J connectivity index is 2.55. The number of allylic oxidation sites excluding steroid dienone is 4. The molecule has 0 saturated carbocycles. The summed E-state index contributed by atoms with van der Waals surface area (Å²) < 4.78 is 0. The van der Waals surface area contributed by atoms with Crippen molar-refractivity contribution in [3.63, 3.8) is 0 Å². The number of hydrogen-bond acceptors (Lipinski definition) is 2. The largest absolute Gasteiger partial charge is 0.396 e. The standard InChI is InChI=1S/C18H31NO/c1-6-7-8-14-20-19-16(3)11-12-17-15(2)10-9-13-18(17,4)5/h11-12H,6-10,13-14H2,1-5H3/b12-11+,19-16+. The molecule has 0 aromatic rings. The van der Waals surface area contributed by atoms with Crippen LogP contribution in [0.25, 0.3) is 0 Å². The molecule has 114 valence electrons. The van der Waals surface area contributed by atoms with Gasteiger partial charge in [0.25, 0.3) is 0 Å². The van der Waals surface area contributed by atoms with Gasteiger partial charge < -0.3 is 4.84 Å². The molecule has 0 atom stereocenters. The fraction of sp³-hybridized carbons (Fsp3) is 0.722. The first-order chi connectivity index (χ1) is 9.47. The van der Waals surface area contributed by atoms with Crippen molar-refractivity contribution < 1.29 is 4.84 Å². The van der Waals surface area contributed by atoms with Gasteiger partial charge in [-0.15, -0.1) is 0 Å². The second-order valence-electron chi connectivity index (χ2n) is 6.54. The molecule has 0 radical (unpaired) electrons. The maximum absolute atomic E-state index is 5.34. The van der Waals surface area contributed by atoms with Crippen LogP contribution < -0.4 is 0 Å². The second-order valence-corrected chi connectivity index (χ2v) is 6.54. The summed E-state index contributed by atoms with van der Waals surface area (Å²) >= 11 is 0. The second kappa shape index (κ2) is 8.28. The van der Waals surface area contributed by atoms with Gasteiger partial charge in [-0.25, -0.2) is 0 Å². The summed E-state index contributed by atoms with van der Waals surface area (Å²) in [4.78, 5) is 5.34. The maximum Gasteiger partial charge on any atom is 0.117 e. The van der Waals surface area contributed by atoms with Crippen molar-refractivity contribution in [3.05, 3.63) is 23.3 Å².